The number of nitrogens with one attached hydrogen (secondary N) is 1. The summed E-state index contributed by atoms with van der Waals surface area (Å²) in [4.78, 5) is 5.48. The quantitative estimate of drug-likeness (QED) is 0.467. The first-order valence-corrected chi connectivity index (χ1v) is 7.95. The molecule has 21 heavy (non-hydrogen) atoms. The van der Waals surface area contributed by atoms with Crippen LogP contribution in [0.1, 0.15) is 24.1 Å². The van der Waals surface area contributed by atoms with E-state index in [0.29, 0.717) is 6.61 Å². The zero-order valence-electron chi connectivity index (χ0n) is 12.4. The summed E-state index contributed by atoms with van der Waals surface area (Å²) in [5.41, 5.74) is 5.17. The number of benzene rings is 1. The van der Waals surface area contributed by atoms with Gasteiger partial charge in [0.15, 0.2) is 0 Å². The summed E-state index contributed by atoms with van der Waals surface area (Å²) in [5, 5.41) is 0. The molecule has 0 bridgehead atoms. The second kappa shape index (κ2) is 8.02. The van der Waals surface area contributed by atoms with E-state index in [1.54, 1.807) is 18.0 Å². The topological polar surface area (TPSA) is 60.2 Å². The molecule has 2 rings (SSSR count). The molecule has 1 heterocycles. The number of aromatic nitrogens is 1. The smallest absolute Gasteiger partial charge is 0.137 e. The molecule has 5 heteroatoms. The van der Waals surface area contributed by atoms with Crippen molar-refractivity contribution in [2.45, 2.75) is 24.8 Å². The van der Waals surface area contributed by atoms with Gasteiger partial charge in [-0.3, -0.25) is 16.3 Å². The molecule has 112 valence electrons. The van der Waals surface area contributed by atoms with Gasteiger partial charge in [0.1, 0.15) is 5.75 Å². The first-order chi connectivity index (χ1) is 10.2. The van der Waals surface area contributed by atoms with Crippen LogP contribution in [0.3, 0.4) is 0 Å². The van der Waals surface area contributed by atoms with E-state index >= 15 is 0 Å². The molecule has 4 nitrogen and oxygen atoms in total. The Labute approximate surface area is 130 Å². The van der Waals surface area contributed by atoms with Gasteiger partial charge in [-0.1, -0.05) is 18.2 Å². The van der Waals surface area contributed by atoms with Crippen LogP contribution in [0.5, 0.6) is 5.75 Å². The number of hydrogen-bond acceptors (Lipinski definition) is 5. The SMILES string of the molecule is CCOc1cncc(C(CSc2ccccc2C)NN)c1. The molecule has 0 spiro atoms. The number of hydrogen-bond donors (Lipinski definition) is 2. The molecule has 0 fully saturated rings. The average Bonchev–Trinajstić information content (AvgIpc) is 2.50. The van der Waals surface area contributed by atoms with E-state index in [4.69, 9.17) is 10.6 Å². The van der Waals surface area contributed by atoms with Crippen molar-refractivity contribution in [2.75, 3.05) is 12.4 Å². The molecule has 3 N–H and O–H groups in total. The van der Waals surface area contributed by atoms with Crippen LogP contribution in [0.2, 0.25) is 0 Å². The molecule has 0 aliphatic heterocycles. The lowest BCUT2D eigenvalue weighted by molar-refractivity contribution is 0.338. The highest BCUT2D eigenvalue weighted by molar-refractivity contribution is 7.99. The van der Waals surface area contributed by atoms with Gasteiger partial charge >= 0.3 is 0 Å². The molecule has 1 unspecified atom stereocenters. The number of rotatable bonds is 7. The first kappa shape index (κ1) is 15.8. The number of thioether (sulfide) groups is 1. The number of hydrazine groups is 1. The molecule has 0 aliphatic carbocycles. The number of nitrogens with zero attached hydrogens (tertiary/aromatic N) is 1. The third kappa shape index (κ3) is 4.46. The van der Waals surface area contributed by atoms with Crippen LogP contribution in [0.4, 0.5) is 0 Å². The van der Waals surface area contributed by atoms with E-state index < -0.39 is 0 Å². The maximum absolute atomic E-state index is 5.70. The molecular weight excluding hydrogens is 282 g/mol. The Kier molecular flexibility index (Phi) is 6.04. The third-order valence-electron chi connectivity index (χ3n) is 3.15. The lowest BCUT2D eigenvalue weighted by atomic mass is 10.1. The Morgan fingerprint density at radius 1 is 1.33 bits per heavy atom. The summed E-state index contributed by atoms with van der Waals surface area (Å²) >= 11 is 1.78. The molecule has 1 aromatic heterocycles. The fourth-order valence-corrected chi connectivity index (χ4v) is 3.11. The zero-order chi connectivity index (χ0) is 15.1. The maximum Gasteiger partial charge on any atom is 0.137 e. The lowest BCUT2D eigenvalue weighted by Gasteiger charge is -2.17. The van der Waals surface area contributed by atoms with Crippen LogP contribution in [-0.2, 0) is 0 Å². The van der Waals surface area contributed by atoms with Gasteiger partial charge in [-0.05, 0) is 37.1 Å². The normalized spacial score (nSPS) is 12.1. The van der Waals surface area contributed by atoms with Gasteiger partial charge < -0.3 is 4.74 Å². The van der Waals surface area contributed by atoms with E-state index in [1.165, 1.54) is 10.5 Å². The Balaban J connectivity index is 2.06. The highest BCUT2D eigenvalue weighted by atomic mass is 32.2. The molecule has 2 aromatic rings. The van der Waals surface area contributed by atoms with Crippen molar-refractivity contribution in [1.29, 1.82) is 0 Å². The van der Waals surface area contributed by atoms with E-state index in [0.717, 1.165) is 17.1 Å². The third-order valence-corrected chi connectivity index (χ3v) is 4.42. The predicted octanol–water partition coefficient (Wildman–Crippen LogP) is 3.09. The molecule has 0 saturated carbocycles. The van der Waals surface area contributed by atoms with Gasteiger partial charge in [-0.15, -0.1) is 11.8 Å². The maximum atomic E-state index is 5.70. The fourth-order valence-electron chi connectivity index (χ4n) is 2.00. The highest BCUT2D eigenvalue weighted by Crippen LogP contribution is 2.27. The number of aryl methyl sites for hydroxylation is 1. The highest BCUT2D eigenvalue weighted by Gasteiger charge is 2.12. The first-order valence-electron chi connectivity index (χ1n) is 6.97. The lowest BCUT2D eigenvalue weighted by Crippen LogP contribution is -2.29. The minimum Gasteiger partial charge on any atom is -0.492 e. The predicted molar refractivity (Wildman–Crippen MR) is 87.4 cm³/mol. The molecule has 0 amide bonds. The monoisotopic (exact) mass is 303 g/mol. The summed E-state index contributed by atoms with van der Waals surface area (Å²) in [6.45, 7) is 4.70. The standard InChI is InChI=1S/C16H21N3OS/c1-3-20-14-8-13(9-18-10-14)15(19-17)11-21-16-7-5-4-6-12(16)2/h4-10,15,19H,3,11,17H2,1-2H3. The summed E-state index contributed by atoms with van der Waals surface area (Å²) in [6, 6.07) is 10.4. The van der Waals surface area contributed by atoms with E-state index in [-0.39, 0.29) is 6.04 Å². The molecular formula is C16H21N3OS. The van der Waals surface area contributed by atoms with Gasteiger partial charge in [0.05, 0.1) is 18.8 Å². The van der Waals surface area contributed by atoms with Crippen molar-refractivity contribution in [3.63, 3.8) is 0 Å². The molecule has 0 radical (unpaired) electrons. The van der Waals surface area contributed by atoms with Crippen molar-refractivity contribution in [1.82, 2.24) is 10.4 Å². The minimum atomic E-state index is 0.0301. The van der Waals surface area contributed by atoms with E-state index in [9.17, 15) is 0 Å². The van der Waals surface area contributed by atoms with Crippen molar-refractivity contribution in [3.8, 4) is 5.75 Å². The summed E-state index contributed by atoms with van der Waals surface area (Å²) < 4.78 is 5.49. The average molecular weight is 303 g/mol. The van der Waals surface area contributed by atoms with Gasteiger partial charge in [0.25, 0.3) is 0 Å². The summed E-state index contributed by atoms with van der Waals surface area (Å²) in [6.07, 6.45) is 3.54. The molecule has 0 aliphatic rings. The van der Waals surface area contributed by atoms with Gasteiger partial charge in [0.2, 0.25) is 0 Å². The second-order valence-corrected chi connectivity index (χ2v) is 5.74. The van der Waals surface area contributed by atoms with Crippen molar-refractivity contribution in [3.05, 3.63) is 53.9 Å². The molecule has 1 atom stereocenters. The number of nitrogens with two attached hydrogens (primary N) is 1. The van der Waals surface area contributed by atoms with Gasteiger partial charge in [-0.25, -0.2) is 0 Å². The van der Waals surface area contributed by atoms with Crippen molar-refractivity contribution in [2.24, 2.45) is 5.84 Å². The summed E-state index contributed by atoms with van der Waals surface area (Å²) in [7, 11) is 0. The van der Waals surface area contributed by atoms with Crippen LogP contribution in [0, 0.1) is 6.92 Å². The Morgan fingerprint density at radius 2 is 2.14 bits per heavy atom. The van der Waals surface area contributed by atoms with Crippen molar-refractivity contribution < 1.29 is 4.74 Å². The fraction of sp³-hybridized carbons (Fsp3) is 0.312. The zero-order valence-corrected chi connectivity index (χ0v) is 13.2. The van der Waals surface area contributed by atoms with E-state index in [2.05, 4.69) is 35.5 Å². The Morgan fingerprint density at radius 3 is 2.86 bits per heavy atom. The van der Waals surface area contributed by atoms with Crippen molar-refractivity contribution >= 4 is 11.8 Å². The van der Waals surface area contributed by atoms with E-state index in [1.807, 2.05) is 25.3 Å². The Bertz CT molecular complexity index is 577. The van der Waals surface area contributed by atoms with Gasteiger partial charge in [0, 0.05) is 16.8 Å². The van der Waals surface area contributed by atoms with Crippen LogP contribution in [0.15, 0.2) is 47.6 Å². The summed E-state index contributed by atoms with van der Waals surface area (Å²) in [5.74, 6) is 7.31. The number of pyridine rings is 1. The van der Waals surface area contributed by atoms with Crippen LogP contribution >= 0.6 is 11.8 Å². The van der Waals surface area contributed by atoms with Crippen LogP contribution in [0.25, 0.3) is 0 Å². The van der Waals surface area contributed by atoms with Crippen LogP contribution < -0.4 is 16.0 Å². The largest absolute Gasteiger partial charge is 0.492 e. The second-order valence-electron chi connectivity index (χ2n) is 4.68. The Hall–Kier alpha value is -1.56. The minimum absolute atomic E-state index is 0.0301. The van der Waals surface area contributed by atoms with Gasteiger partial charge in [-0.2, -0.15) is 0 Å². The van der Waals surface area contributed by atoms with Crippen LogP contribution in [-0.4, -0.2) is 17.3 Å². The molecule has 1 aromatic carbocycles. The number of ether oxygens (including phenoxy) is 1. The molecule has 0 saturated heterocycles.